The minimum absolute atomic E-state index is 0.000717. The van der Waals surface area contributed by atoms with E-state index in [1.165, 1.54) is 47.9 Å². The van der Waals surface area contributed by atoms with Crippen molar-refractivity contribution in [2.24, 2.45) is 0 Å². The lowest BCUT2D eigenvalue weighted by Gasteiger charge is -2.40. The van der Waals surface area contributed by atoms with E-state index in [0.29, 0.717) is 123 Å². The number of ether oxygens (including phenoxy) is 1. The Morgan fingerprint density at radius 3 is 1.14 bits per heavy atom. The molecule has 43 heteroatoms. The number of benzene rings is 6. The molecule has 4 aliphatic rings. The molecular weight excluding hydrogens is 1940 g/mol. The second kappa shape index (κ2) is 46.8. The van der Waals surface area contributed by atoms with Gasteiger partial charge in [0.15, 0.2) is 16.9 Å². The highest BCUT2D eigenvalue weighted by molar-refractivity contribution is 7.90. The molecular formula is C97H110Cl4N22O14S3. The lowest BCUT2D eigenvalue weighted by atomic mass is 10.0. The second-order valence-corrected chi connectivity index (χ2v) is 41.5. The lowest BCUT2D eigenvalue weighted by Crippen LogP contribution is -2.52. The van der Waals surface area contributed by atoms with E-state index in [2.05, 4.69) is 70.6 Å². The van der Waals surface area contributed by atoms with Gasteiger partial charge in [-0.1, -0.05) is 130 Å². The second-order valence-electron chi connectivity index (χ2n) is 34.3. The van der Waals surface area contributed by atoms with Gasteiger partial charge in [0.25, 0.3) is 30.1 Å². The zero-order valence-electron chi connectivity index (χ0n) is 77.3. The number of aliphatic hydroxyl groups excluding tert-OH is 4. The molecule has 0 bridgehead atoms. The molecule has 0 spiro atoms. The molecule has 0 saturated carbocycles. The van der Waals surface area contributed by atoms with E-state index in [9.17, 15) is 60.1 Å². The van der Waals surface area contributed by atoms with Crippen LogP contribution in [0.1, 0.15) is 73.6 Å². The number of carbonyl (C=O) groups is 3. The van der Waals surface area contributed by atoms with Gasteiger partial charge in [0.1, 0.15) is 60.8 Å². The first-order chi connectivity index (χ1) is 67.6. The number of H-pyrrole nitrogens is 1. The number of fused-ring (bicyclic) bond motifs is 4. The molecule has 4 saturated heterocycles. The fourth-order valence-electron chi connectivity index (χ4n) is 17.9. The number of halogens is 4. The van der Waals surface area contributed by atoms with Crippen molar-refractivity contribution < 1.29 is 64.8 Å². The Morgan fingerprint density at radius 2 is 0.771 bits per heavy atom. The molecule has 140 heavy (non-hydrogen) atoms. The first kappa shape index (κ1) is 102. The molecule has 0 radical (unpaired) electrons. The summed E-state index contributed by atoms with van der Waals surface area (Å²) in [7, 11) is -11.5. The number of aromatic nitrogens is 12. The summed E-state index contributed by atoms with van der Waals surface area (Å²) in [6.45, 7) is 12.2. The smallest absolute Gasteiger partial charge is 0.410 e. The Kier molecular flexibility index (Phi) is 34.1. The molecule has 3 amide bonds. The predicted octanol–water partition coefficient (Wildman–Crippen LogP) is 12.5. The van der Waals surface area contributed by atoms with Crippen LogP contribution in [0, 0.1) is 20.8 Å². The van der Waals surface area contributed by atoms with Crippen LogP contribution in [0.25, 0.3) is 44.1 Å². The van der Waals surface area contributed by atoms with Crippen molar-refractivity contribution in [3.8, 4) is 0 Å². The van der Waals surface area contributed by atoms with Gasteiger partial charge in [0.2, 0.25) is 11.8 Å². The van der Waals surface area contributed by atoms with Crippen molar-refractivity contribution in [3.63, 3.8) is 0 Å². The molecule has 738 valence electrons. The number of amides is 3. The summed E-state index contributed by atoms with van der Waals surface area (Å²) in [4.78, 5) is 90.8. The number of nitrogens with zero attached hydrogens (tertiary/aromatic N) is 18. The van der Waals surface area contributed by atoms with Crippen LogP contribution in [0.4, 0.5) is 39.4 Å². The van der Waals surface area contributed by atoms with Gasteiger partial charge < -0.3 is 80.4 Å². The summed E-state index contributed by atoms with van der Waals surface area (Å²) < 4.78 is 89.1. The van der Waals surface area contributed by atoms with Crippen LogP contribution in [0.2, 0.25) is 20.1 Å². The molecule has 8 N–H and O–H groups in total. The molecule has 36 nitrogen and oxygen atoms in total. The Labute approximate surface area is 831 Å². The van der Waals surface area contributed by atoms with Crippen LogP contribution < -0.4 is 35.6 Å². The molecule has 12 heterocycles. The molecule has 14 aromatic rings. The van der Waals surface area contributed by atoms with Crippen molar-refractivity contribution >= 4 is 173 Å². The van der Waals surface area contributed by atoms with Gasteiger partial charge in [-0.2, -0.15) is 0 Å². The molecule has 4 aliphatic heterocycles. The first-order valence-corrected chi connectivity index (χ1v) is 51.8. The van der Waals surface area contributed by atoms with Crippen LogP contribution in [-0.2, 0) is 51.0 Å². The van der Waals surface area contributed by atoms with E-state index in [0.717, 1.165) is 112 Å². The van der Waals surface area contributed by atoms with Crippen LogP contribution >= 0.6 is 46.4 Å². The monoisotopic (exact) mass is 2040 g/mol. The standard InChI is InChI=1S/C28H30Cl2N6O4S.C28H31N5O5S.C21H24Cl2N6O2.C20H25N5O3S/c1-19-4-6-24(7-5-19)41(39,40)36-10-8-25-27(32-18-33-28(25)36)35(11-12-37)23-3-2-9-34(17-23)26(38)16-31-22-14-20(29)13-21(30)15-22;1-21-9-11-24(12-10-21)39(36,37)33-15-13-25-26(29-20-30-27(25)33)32(16-17-34)23-8-5-14-31(18-23)28(35)38-19-22-6-3-2-4-7-22;22-14-8-15(23)10-16(9-14)25-11-19(31)28-5-1-2-17(12-28)29(6-7-30)21-18-3-4-24-20(18)26-13-27-21;1-15-4-6-17(7-5-15)29(27,28)25-10-8-18-19(22-14-23-20(18)25)24(11-12-26)16-3-2-9-21-13-16/h4-8,10,13-15,18,23,31,37H,2-3,9,11-12,16-17H2,1H3;2-4,6-7,9-13,15,20,23,34H,5,8,14,16-19H2,1H3;3-4,8-10,13,17,25,30H,1-2,5-7,11-12H2,(H,24,26,27);4-8,10,14,16,21,26H,2-3,9,11-13H2,1H3/t2*23-;17-;16-/m1111/s1. The number of carbonyl (C=O) groups excluding carboxylic acids is 3. The summed E-state index contributed by atoms with van der Waals surface area (Å²) >= 11 is 24.2. The highest BCUT2D eigenvalue weighted by Gasteiger charge is 2.37. The average molecular weight is 2050 g/mol. The third kappa shape index (κ3) is 24.3. The minimum Gasteiger partial charge on any atom is -0.445 e. The number of aryl methyl sites for hydroxylation is 3. The van der Waals surface area contributed by atoms with Gasteiger partial charge >= 0.3 is 6.09 Å². The molecule has 0 aliphatic carbocycles. The van der Waals surface area contributed by atoms with Gasteiger partial charge in [-0.25, -0.2) is 81.8 Å². The predicted molar refractivity (Wildman–Crippen MR) is 542 cm³/mol. The molecule has 8 aromatic heterocycles. The summed E-state index contributed by atoms with van der Waals surface area (Å²) in [5.41, 5.74) is 6.75. The highest BCUT2D eigenvalue weighted by Crippen LogP contribution is 2.37. The fourth-order valence-corrected chi connectivity index (χ4v) is 22.9. The van der Waals surface area contributed by atoms with Crippen LogP contribution in [-0.4, -0.2) is 277 Å². The van der Waals surface area contributed by atoms with Crippen molar-refractivity contribution in [2.45, 2.75) is 118 Å². The van der Waals surface area contributed by atoms with E-state index in [1.54, 1.807) is 137 Å². The highest BCUT2D eigenvalue weighted by atomic mass is 35.5. The molecule has 18 rings (SSSR count). The Balaban J connectivity index is 0.000000142. The topological polar surface area (TPSA) is 436 Å². The Hall–Kier alpha value is -12.4. The lowest BCUT2D eigenvalue weighted by molar-refractivity contribution is -0.131. The number of aromatic amines is 1. The Bertz CT molecular complexity index is 6950. The minimum atomic E-state index is -3.89. The number of anilines is 6. The fraction of sp³-hybridized carbons (Fsp3) is 0.351. The van der Waals surface area contributed by atoms with E-state index >= 15 is 0 Å². The van der Waals surface area contributed by atoms with Crippen molar-refractivity contribution in [1.29, 1.82) is 0 Å². The van der Waals surface area contributed by atoms with E-state index < -0.39 is 36.2 Å². The van der Waals surface area contributed by atoms with Crippen LogP contribution in [0.15, 0.2) is 229 Å². The quantitative estimate of drug-likeness (QED) is 0.0207. The number of hydrogen-bond donors (Lipinski definition) is 8. The Morgan fingerprint density at radius 1 is 0.421 bits per heavy atom. The zero-order valence-corrected chi connectivity index (χ0v) is 82.7. The van der Waals surface area contributed by atoms with E-state index in [4.69, 9.17) is 51.1 Å². The summed E-state index contributed by atoms with van der Waals surface area (Å²) in [5.74, 6) is 2.35. The van der Waals surface area contributed by atoms with Gasteiger partial charge in [0.05, 0.1) is 75.7 Å². The van der Waals surface area contributed by atoms with Crippen LogP contribution in [0.5, 0.6) is 0 Å². The molecule has 4 atom stereocenters. The number of likely N-dealkylation sites (tertiary alicyclic amines) is 3. The summed E-state index contributed by atoms with van der Waals surface area (Å²) in [6, 6.07) is 46.7. The van der Waals surface area contributed by atoms with Crippen molar-refractivity contribution in [3.05, 3.63) is 256 Å². The molecule has 6 aromatic carbocycles. The van der Waals surface area contributed by atoms with Gasteiger partial charge in [-0.3, -0.25) is 9.59 Å². The number of piperidine rings is 4. The normalized spacial score (nSPS) is 16.3. The maximum atomic E-state index is 13.4. The molecule has 0 unspecified atom stereocenters. The zero-order chi connectivity index (χ0) is 98.8. The largest absolute Gasteiger partial charge is 0.445 e. The third-order valence-corrected chi connectivity index (χ3v) is 30.7. The number of rotatable bonds is 30. The number of aliphatic hydroxyl groups is 4. The van der Waals surface area contributed by atoms with Crippen LogP contribution in [0.3, 0.4) is 0 Å². The average Bonchev–Trinajstić information content (AvgIpc) is 1.60. The number of hydrogen-bond acceptors (Lipinski definition) is 29. The third-order valence-electron chi connectivity index (χ3n) is 24.8. The van der Waals surface area contributed by atoms with Crippen molar-refractivity contribution in [2.75, 3.05) is 148 Å². The van der Waals surface area contributed by atoms with Crippen molar-refractivity contribution in [1.82, 2.24) is 76.8 Å². The maximum absolute atomic E-state index is 13.4. The van der Waals surface area contributed by atoms with E-state index in [-0.39, 0.29) is 121 Å². The summed E-state index contributed by atoms with van der Waals surface area (Å²) in [6.07, 6.45) is 18.4. The number of nitrogens with one attached hydrogen (secondary N) is 4. The van der Waals surface area contributed by atoms with E-state index in [1.807, 2.05) is 78.1 Å². The summed E-state index contributed by atoms with van der Waals surface area (Å²) in [5, 5.41) is 53.3. The maximum Gasteiger partial charge on any atom is 0.410 e. The van der Waals surface area contributed by atoms with Gasteiger partial charge in [-0.15, -0.1) is 0 Å². The molecule has 4 fully saturated rings. The van der Waals surface area contributed by atoms with Gasteiger partial charge in [0, 0.05) is 152 Å². The first-order valence-electron chi connectivity index (χ1n) is 46.0. The SMILES string of the molecule is Cc1ccc(S(=O)(=O)n2ccc3c(N(CCO)[C@@H]4CCCN(C(=O)CNc5cc(Cl)cc(Cl)c5)C4)ncnc32)cc1.Cc1ccc(S(=O)(=O)n2ccc3c(N(CCO)[C@@H]4CCCN(C(=O)OCc5ccccc5)C4)ncnc32)cc1.Cc1ccc(S(=O)(=O)n2ccc3c(N(CCO)[C@@H]4CCCNC4)ncnc32)cc1.O=C(CNc1cc(Cl)cc(Cl)c1)N1CCC[C@@H](N(CCO)c2ncnc3[nH]ccc23)C1. The van der Waals surface area contributed by atoms with Gasteiger partial charge in [-0.05, 0) is 181 Å².